The van der Waals surface area contributed by atoms with Crippen molar-refractivity contribution in [3.05, 3.63) is 47.3 Å². The van der Waals surface area contributed by atoms with Gasteiger partial charge in [0, 0.05) is 19.2 Å². The van der Waals surface area contributed by atoms with E-state index in [1.54, 1.807) is 7.11 Å². The first kappa shape index (κ1) is 14.6. The van der Waals surface area contributed by atoms with Crippen LogP contribution in [0.4, 0.5) is 0 Å². The maximum absolute atomic E-state index is 10.2. The van der Waals surface area contributed by atoms with Gasteiger partial charge in [0.05, 0.1) is 18.9 Å². The summed E-state index contributed by atoms with van der Waals surface area (Å²) in [6.45, 7) is 2.08. The molecule has 0 spiro atoms. The summed E-state index contributed by atoms with van der Waals surface area (Å²) in [4.78, 5) is 0. The van der Waals surface area contributed by atoms with E-state index in [1.165, 1.54) is 0 Å². The predicted molar refractivity (Wildman–Crippen MR) is 79.0 cm³/mol. The third-order valence-electron chi connectivity index (χ3n) is 3.46. The van der Waals surface area contributed by atoms with Crippen LogP contribution in [0.25, 0.3) is 0 Å². The Morgan fingerprint density at radius 2 is 1.95 bits per heavy atom. The fourth-order valence-corrected chi connectivity index (χ4v) is 2.28. The molecule has 0 aliphatic heterocycles. The zero-order valence-corrected chi connectivity index (χ0v) is 12.3. The molecular formula is C16H22N2O2. The van der Waals surface area contributed by atoms with Crippen LogP contribution in [0.5, 0.6) is 5.75 Å². The number of aliphatic hydroxyl groups excluding tert-OH is 1. The number of hydrogen-bond donors (Lipinski definition) is 1. The number of ether oxygens (including phenoxy) is 1. The zero-order valence-electron chi connectivity index (χ0n) is 12.3. The number of methoxy groups -OCH3 is 1. The van der Waals surface area contributed by atoms with Crippen molar-refractivity contribution >= 4 is 0 Å². The summed E-state index contributed by atoms with van der Waals surface area (Å²) in [6, 6.07) is 9.88. The normalized spacial score (nSPS) is 12.4. The Hall–Kier alpha value is -1.81. The van der Waals surface area contributed by atoms with Crippen LogP contribution >= 0.6 is 0 Å². The number of rotatable bonds is 6. The summed E-state index contributed by atoms with van der Waals surface area (Å²) in [6.07, 6.45) is 1.78. The number of hydrogen-bond acceptors (Lipinski definition) is 3. The third kappa shape index (κ3) is 3.61. The zero-order chi connectivity index (χ0) is 14.5. The van der Waals surface area contributed by atoms with E-state index in [4.69, 9.17) is 4.74 Å². The molecule has 108 valence electrons. The summed E-state index contributed by atoms with van der Waals surface area (Å²) < 4.78 is 6.98. The van der Waals surface area contributed by atoms with Crippen molar-refractivity contribution in [1.29, 1.82) is 0 Å². The molecule has 0 fully saturated rings. The predicted octanol–water partition coefficient (Wildman–Crippen LogP) is 2.14. The van der Waals surface area contributed by atoms with Crippen molar-refractivity contribution in [3.63, 3.8) is 0 Å². The van der Waals surface area contributed by atoms with Gasteiger partial charge in [-0.3, -0.25) is 4.68 Å². The van der Waals surface area contributed by atoms with Gasteiger partial charge in [0.2, 0.25) is 0 Å². The van der Waals surface area contributed by atoms with Crippen LogP contribution in [0.1, 0.15) is 23.9 Å². The van der Waals surface area contributed by atoms with Gasteiger partial charge in [-0.05, 0) is 36.6 Å². The van der Waals surface area contributed by atoms with Crippen LogP contribution in [0.15, 0.2) is 30.3 Å². The molecule has 1 unspecified atom stereocenters. The molecule has 0 radical (unpaired) electrons. The first-order valence-electron chi connectivity index (χ1n) is 6.95. The highest BCUT2D eigenvalue weighted by Crippen LogP contribution is 2.14. The highest BCUT2D eigenvalue weighted by atomic mass is 16.5. The Morgan fingerprint density at radius 3 is 2.50 bits per heavy atom. The van der Waals surface area contributed by atoms with Crippen molar-refractivity contribution < 1.29 is 9.84 Å². The molecule has 4 heteroatoms. The fourth-order valence-electron chi connectivity index (χ4n) is 2.28. The smallest absolute Gasteiger partial charge is 0.118 e. The highest BCUT2D eigenvalue weighted by molar-refractivity contribution is 5.27. The first-order valence-corrected chi connectivity index (χ1v) is 6.95. The fraction of sp³-hybridized carbons (Fsp3) is 0.438. The number of aliphatic hydroxyl groups is 1. The molecule has 0 aliphatic rings. The molecule has 0 amide bonds. The molecule has 20 heavy (non-hydrogen) atoms. The summed E-state index contributed by atoms with van der Waals surface area (Å²) in [7, 11) is 3.58. The topological polar surface area (TPSA) is 47.3 Å². The summed E-state index contributed by atoms with van der Waals surface area (Å²) in [5.74, 6) is 0.836. The average molecular weight is 274 g/mol. The maximum Gasteiger partial charge on any atom is 0.118 e. The Morgan fingerprint density at radius 1 is 1.25 bits per heavy atom. The third-order valence-corrected chi connectivity index (χ3v) is 3.46. The van der Waals surface area contributed by atoms with E-state index in [1.807, 2.05) is 36.0 Å². The van der Waals surface area contributed by atoms with E-state index in [9.17, 15) is 5.11 Å². The lowest BCUT2D eigenvalue weighted by molar-refractivity contribution is 0.173. The second-order valence-electron chi connectivity index (χ2n) is 5.01. The number of aryl methyl sites for hydroxylation is 2. The quantitative estimate of drug-likeness (QED) is 0.878. The van der Waals surface area contributed by atoms with Gasteiger partial charge in [0.15, 0.2) is 0 Å². The van der Waals surface area contributed by atoms with Gasteiger partial charge < -0.3 is 9.84 Å². The molecule has 1 heterocycles. The van der Waals surface area contributed by atoms with Crippen LogP contribution in [-0.4, -0.2) is 28.1 Å². The largest absolute Gasteiger partial charge is 0.497 e. The molecule has 1 aromatic heterocycles. The van der Waals surface area contributed by atoms with Crippen LogP contribution in [0.2, 0.25) is 0 Å². The van der Waals surface area contributed by atoms with E-state index in [-0.39, 0.29) is 0 Å². The second-order valence-corrected chi connectivity index (χ2v) is 5.01. The van der Waals surface area contributed by atoms with E-state index in [0.717, 1.165) is 29.1 Å². The van der Waals surface area contributed by atoms with Gasteiger partial charge in [0.25, 0.3) is 0 Å². The molecule has 1 aromatic carbocycles. The van der Waals surface area contributed by atoms with Crippen molar-refractivity contribution in [2.24, 2.45) is 7.05 Å². The lowest BCUT2D eigenvalue weighted by Gasteiger charge is -2.11. The Bertz CT molecular complexity index is 546. The molecule has 1 N–H and O–H groups in total. The van der Waals surface area contributed by atoms with Gasteiger partial charge in [-0.15, -0.1) is 0 Å². The minimum Gasteiger partial charge on any atom is -0.497 e. The van der Waals surface area contributed by atoms with Gasteiger partial charge >= 0.3 is 0 Å². The highest BCUT2D eigenvalue weighted by Gasteiger charge is 2.11. The SMILES string of the molecule is CCc1cc(CC(O)Cc2ccc(OC)cc2)n(C)n1. The number of nitrogens with zero attached hydrogens (tertiary/aromatic N) is 2. The van der Waals surface area contributed by atoms with Crippen molar-refractivity contribution in [2.75, 3.05) is 7.11 Å². The van der Waals surface area contributed by atoms with E-state index in [0.29, 0.717) is 12.8 Å². The van der Waals surface area contributed by atoms with Gasteiger partial charge in [-0.2, -0.15) is 5.10 Å². The van der Waals surface area contributed by atoms with Gasteiger partial charge in [0.1, 0.15) is 5.75 Å². The number of aromatic nitrogens is 2. The van der Waals surface area contributed by atoms with Crippen LogP contribution in [0, 0.1) is 0 Å². The second kappa shape index (κ2) is 6.57. The minimum atomic E-state index is -0.400. The van der Waals surface area contributed by atoms with Crippen molar-refractivity contribution in [3.8, 4) is 5.75 Å². The molecule has 1 atom stereocenters. The lowest BCUT2D eigenvalue weighted by Crippen LogP contribution is -2.16. The molecule has 0 aliphatic carbocycles. The molecule has 0 bridgehead atoms. The van der Waals surface area contributed by atoms with Gasteiger partial charge in [-0.25, -0.2) is 0 Å². The average Bonchev–Trinajstić information content (AvgIpc) is 2.80. The summed E-state index contributed by atoms with van der Waals surface area (Å²) in [5, 5.41) is 14.6. The van der Waals surface area contributed by atoms with E-state index >= 15 is 0 Å². The Balaban J connectivity index is 1.97. The molecular weight excluding hydrogens is 252 g/mol. The number of benzene rings is 1. The van der Waals surface area contributed by atoms with Crippen molar-refractivity contribution in [2.45, 2.75) is 32.3 Å². The molecule has 2 aromatic rings. The Labute approximate surface area is 120 Å². The molecule has 0 saturated heterocycles. The van der Waals surface area contributed by atoms with E-state index in [2.05, 4.69) is 18.1 Å². The van der Waals surface area contributed by atoms with Crippen molar-refractivity contribution in [1.82, 2.24) is 9.78 Å². The molecule has 4 nitrogen and oxygen atoms in total. The maximum atomic E-state index is 10.2. The molecule has 0 saturated carbocycles. The van der Waals surface area contributed by atoms with E-state index < -0.39 is 6.10 Å². The molecule has 2 rings (SSSR count). The lowest BCUT2D eigenvalue weighted by atomic mass is 10.0. The van der Waals surface area contributed by atoms with Crippen LogP contribution in [0.3, 0.4) is 0 Å². The minimum absolute atomic E-state index is 0.400. The van der Waals surface area contributed by atoms with Crippen LogP contribution in [-0.2, 0) is 26.3 Å². The summed E-state index contributed by atoms with van der Waals surface area (Å²) in [5.41, 5.74) is 3.25. The standard InChI is InChI=1S/C16H22N2O2/c1-4-13-10-14(18(2)17-13)11-15(19)9-12-5-7-16(20-3)8-6-12/h5-8,10,15,19H,4,9,11H2,1-3H3. The Kier molecular flexibility index (Phi) is 4.79. The summed E-state index contributed by atoms with van der Waals surface area (Å²) >= 11 is 0. The monoisotopic (exact) mass is 274 g/mol. The van der Waals surface area contributed by atoms with Gasteiger partial charge in [-0.1, -0.05) is 19.1 Å². The van der Waals surface area contributed by atoms with Crippen LogP contribution < -0.4 is 4.74 Å². The first-order chi connectivity index (χ1) is 9.62.